The predicted octanol–water partition coefficient (Wildman–Crippen LogP) is 2.92. The number of nitro groups is 1. The van der Waals surface area contributed by atoms with Crippen LogP contribution in [-0.4, -0.2) is 18.5 Å². The molecule has 86 valence electrons. The van der Waals surface area contributed by atoms with E-state index in [4.69, 9.17) is 0 Å². The van der Waals surface area contributed by atoms with Crippen LogP contribution in [0.15, 0.2) is 30.4 Å². The van der Waals surface area contributed by atoms with Crippen LogP contribution in [0.25, 0.3) is 0 Å². The number of anilines is 1. The average molecular weight is 220 g/mol. The van der Waals surface area contributed by atoms with Crippen LogP contribution in [0, 0.1) is 17.0 Å². The molecular weight excluding hydrogens is 204 g/mol. The third-order valence-electron chi connectivity index (χ3n) is 2.25. The van der Waals surface area contributed by atoms with Crippen LogP contribution in [0.2, 0.25) is 0 Å². The fourth-order valence-corrected chi connectivity index (χ4v) is 1.59. The van der Waals surface area contributed by atoms with Gasteiger partial charge in [0, 0.05) is 19.7 Å². The van der Waals surface area contributed by atoms with Gasteiger partial charge in [-0.05, 0) is 25.5 Å². The van der Waals surface area contributed by atoms with Crippen LogP contribution in [0.3, 0.4) is 0 Å². The molecule has 0 radical (unpaired) electrons. The molecule has 0 N–H and O–H groups in total. The van der Waals surface area contributed by atoms with Gasteiger partial charge in [-0.25, -0.2) is 0 Å². The van der Waals surface area contributed by atoms with Gasteiger partial charge < -0.3 is 4.90 Å². The first-order valence-electron chi connectivity index (χ1n) is 5.02. The Labute approximate surface area is 95.3 Å². The van der Waals surface area contributed by atoms with Gasteiger partial charge in [-0.3, -0.25) is 10.1 Å². The van der Waals surface area contributed by atoms with Crippen LogP contribution >= 0.6 is 0 Å². The molecule has 0 bridgehead atoms. The Morgan fingerprint density at radius 3 is 2.69 bits per heavy atom. The summed E-state index contributed by atoms with van der Waals surface area (Å²) < 4.78 is 0. The van der Waals surface area contributed by atoms with Crippen molar-refractivity contribution in [1.82, 2.24) is 0 Å². The minimum absolute atomic E-state index is 0.142. The monoisotopic (exact) mass is 220 g/mol. The summed E-state index contributed by atoms with van der Waals surface area (Å²) in [5.41, 5.74) is 2.62. The van der Waals surface area contributed by atoms with Crippen molar-refractivity contribution in [1.29, 1.82) is 0 Å². The molecule has 0 aliphatic carbocycles. The Morgan fingerprint density at radius 2 is 2.19 bits per heavy atom. The van der Waals surface area contributed by atoms with Crippen molar-refractivity contribution in [3.63, 3.8) is 0 Å². The molecule has 4 heteroatoms. The third-order valence-corrected chi connectivity index (χ3v) is 2.25. The van der Waals surface area contributed by atoms with Gasteiger partial charge in [-0.2, -0.15) is 0 Å². The number of aryl methyl sites for hydroxylation is 1. The first kappa shape index (κ1) is 12.2. The Balaban J connectivity index is 3.12. The highest BCUT2D eigenvalue weighted by molar-refractivity contribution is 5.64. The predicted molar refractivity (Wildman–Crippen MR) is 65.9 cm³/mol. The number of rotatable bonds is 4. The molecule has 0 aromatic heterocycles. The minimum atomic E-state index is -0.350. The largest absolute Gasteiger partial charge is 0.365 e. The lowest BCUT2D eigenvalue weighted by molar-refractivity contribution is -0.384. The smallest absolute Gasteiger partial charge is 0.292 e. The molecule has 0 unspecified atom stereocenters. The van der Waals surface area contributed by atoms with Gasteiger partial charge in [0.05, 0.1) is 4.92 Å². The molecule has 1 aromatic carbocycles. The Kier molecular flexibility index (Phi) is 3.66. The van der Waals surface area contributed by atoms with Gasteiger partial charge in [-0.15, -0.1) is 0 Å². The standard InChI is InChI=1S/C12H16N2O2/c1-9(2)8-13(4)11-6-5-10(3)7-12(11)14(15)16/h5-7H,1,8H2,2-4H3. The molecule has 1 aromatic rings. The normalized spacial score (nSPS) is 9.94. The van der Waals surface area contributed by atoms with Crippen molar-refractivity contribution in [3.8, 4) is 0 Å². The molecule has 1 rings (SSSR count). The maximum absolute atomic E-state index is 10.9. The maximum atomic E-state index is 10.9. The fourth-order valence-electron chi connectivity index (χ4n) is 1.59. The molecule has 0 spiro atoms. The van der Waals surface area contributed by atoms with Crippen LogP contribution in [0.4, 0.5) is 11.4 Å². The summed E-state index contributed by atoms with van der Waals surface area (Å²) in [5.74, 6) is 0. The Bertz CT molecular complexity index is 427. The molecule has 0 atom stereocenters. The van der Waals surface area contributed by atoms with Crippen molar-refractivity contribution in [3.05, 3.63) is 46.0 Å². The van der Waals surface area contributed by atoms with E-state index >= 15 is 0 Å². The van der Waals surface area contributed by atoms with Crippen molar-refractivity contribution in [2.75, 3.05) is 18.5 Å². The van der Waals surface area contributed by atoms with Gasteiger partial charge in [0.2, 0.25) is 0 Å². The van der Waals surface area contributed by atoms with E-state index in [1.54, 1.807) is 12.1 Å². The number of benzene rings is 1. The van der Waals surface area contributed by atoms with Crippen LogP contribution in [0.1, 0.15) is 12.5 Å². The lowest BCUT2D eigenvalue weighted by Gasteiger charge is -2.19. The first-order chi connectivity index (χ1) is 7.41. The van der Waals surface area contributed by atoms with Crippen molar-refractivity contribution in [2.24, 2.45) is 0 Å². The molecule has 0 aliphatic rings. The van der Waals surface area contributed by atoms with E-state index in [-0.39, 0.29) is 10.6 Å². The highest BCUT2D eigenvalue weighted by Gasteiger charge is 2.16. The number of nitrogens with zero attached hydrogens (tertiary/aromatic N) is 2. The molecule has 0 heterocycles. The summed E-state index contributed by atoms with van der Waals surface area (Å²) >= 11 is 0. The van der Waals surface area contributed by atoms with Crippen LogP contribution < -0.4 is 4.90 Å². The molecule has 4 nitrogen and oxygen atoms in total. The second kappa shape index (κ2) is 4.79. The Morgan fingerprint density at radius 1 is 1.56 bits per heavy atom. The molecule has 0 saturated heterocycles. The van der Waals surface area contributed by atoms with Crippen LogP contribution in [-0.2, 0) is 0 Å². The van der Waals surface area contributed by atoms with Gasteiger partial charge in [-0.1, -0.05) is 18.2 Å². The molecule has 0 saturated carbocycles. The molecule has 16 heavy (non-hydrogen) atoms. The second-order valence-electron chi connectivity index (χ2n) is 4.06. The van der Waals surface area contributed by atoms with Crippen LogP contribution in [0.5, 0.6) is 0 Å². The Hall–Kier alpha value is -1.84. The fraction of sp³-hybridized carbons (Fsp3) is 0.333. The third kappa shape index (κ3) is 2.82. The summed E-state index contributed by atoms with van der Waals surface area (Å²) in [7, 11) is 1.83. The van der Waals surface area contributed by atoms with E-state index in [0.29, 0.717) is 12.2 Å². The zero-order valence-electron chi connectivity index (χ0n) is 9.86. The van der Waals surface area contributed by atoms with E-state index in [9.17, 15) is 10.1 Å². The van der Waals surface area contributed by atoms with Crippen molar-refractivity contribution < 1.29 is 4.92 Å². The topological polar surface area (TPSA) is 46.4 Å². The molecule has 0 fully saturated rings. The van der Waals surface area contributed by atoms with Gasteiger partial charge >= 0.3 is 0 Å². The highest BCUT2D eigenvalue weighted by Crippen LogP contribution is 2.28. The van der Waals surface area contributed by atoms with E-state index in [1.165, 1.54) is 0 Å². The summed E-state index contributed by atoms with van der Waals surface area (Å²) in [6.45, 7) is 8.16. The zero-order chi connectivity index (χ0) is 12.3. The SMILES string of the molecule is C=C(C)CN(C)c1ccc(C)cc1[N+](=O)[O-]. The summed E-state index contributed by atoms with van der Waals surface area (Å²) in [5, 5.41) is 10.9. The lowest BCUT2D eigenvalue weighted by Crippen LogP contribution is -2.20. The average Bonchev–Trinajstić information content (AvgIpc) is 2.16. The quantitative estimate of drug-likeness (QED) is 0.445. The zero-order valence-corrected chi connectivity index (χ0v) is 9.86. The maximum Gasteiger partial charge on any atom is 0.292 e. The van der Waals surface area contributed by atoms with E-state index in [2.05, 4.69) is 6.58 Å². The van der Waals surface area contributed by atoms with E-state index in [1.807, 2.05) is 31.9 Å². The van der Waals surface area contributed by atoms with Gasteiger partial charge in [0.1, 0.15) is 5.69 Å². The number of likely N-dealkylation sites (N-methyl/N-ethyl adjacent to an activating group) is 1. The summed E-state index contributed by atoms with van der Waals surface area (Å²) in [6.07, 6.45) is 0. The van der Waals surface area contributed by atoms with Crippen molar-refractivity contribution in [2.45, 2.75) is 13.8 Å². The highest BCUT2D eigenvalue weighted by atomic mass is 16.6. The number of hydrogen-bond acceptors (Lipinski definition) is 3. The molecule has 0 amide bonds. The van der Waals surface area contributed by atoms with Gasteiger partial charge in [0.15, 0.2) is 0 Å². The summed E-state index contributed by atoms with van der Waals surface area (Å²) in [6, 6.07) is 5.23. The number of hydrogen-bond donors (Lipinski definition) is 0. The minimum Gasteiger partial charge on any atom is -0.365 e. The second-order valence-corrected chi connectivity index (χ2v) is 4.06. The lowest BCUT2D eigenvalue weighted by atomic mass is 10.1. The van der Waals surface area contributed by atoms with Crippen molar-refractivity contribution >= 4 is 11.4 Å². The first-order valence-corrected chi connectivity index (χ1v) is 5.02. The van der Waals surface area contributed by atoms with Gasteiger partial charge in [0.25, 0.3) is 5.69 Å². The van der Waals surface area contributed by atoms with E-state index in [0.717, 1.165) is 11.1 Å². The van der Waals surface area contributed by atoms with E-state index < -0.39 is 0 Å². The summed E-state index contributed by atoms with van der Waals surface area (Å²) in [4.78, 5) is 12.4. The molecule has 0 aliphatic heterocycles. The number of nitro benzene ring substituents is 1. The molecular formula is C12H16N2O2.